The van der Waals surface area contributed by atoms with Crippen LogP contribution in [0.2, 0.25) is 5.02 Å². The largest absolute Gasteiger partial charge is 0.463 e. The van der Waals surface area contributed by atoms with Gasteiger partial charge in [0.25, 0.3) is 0 Å². The minimum atomic E-state index is -0.363. The molecule has 0 N–H and O–H groups in total. The molecule has 0 radical (unpaired) electrons. The second-order valence-electron chi connectivity index (χ2n) is 5.42. The second-order valence-corrected chi connectivity index (χ2v) is 5.86. The first kappa shape index (κ1) is 18.0. The number of esters is 1. The Morgan fingerprint density at radius 2 is 2.26 bits per heavy atom. The molecular weight excluding hydrogens is 316 g/mol. The molecule has 4 nitrogen and oxygen atoms in total. The number of carbonyl (C=O) groups excluding carboxylic acids is 1. The van der Waals surface area contributed by atoms with Crippen molar-refractivity contribution in [1.29, 1.82) is 0 Å². The standard InChI is InChI=1S/C18H23ClO4/c1-3-5-17(23-12-15-11-22-15)16-8-7-14(19)10-13(16)6-9-18(20)21-4-2/h6-10,15,17H,3-5,11-12H2,1-2H3/t15-,17-/m1/s1. The van der Waals surface area contributed by atoms with Crippen LogP contribution in [0.4, 0.5) is 0 Å². The molecule has 5 heteroatoms. The fourth-order valence-corrected chi connectivity index (χ4v) is 2.49. The number of halogens is 1. The van der Waals surface area contributed by atoms with E-state index >= 15 is 0 Å². The van der Waals surface area contributed by atoms with Gasteiger partial charge in [0.05, 0.1) is 25.9 Å². The fourth-order valence-electron chi connectivity index (χ4n) is 2.31. The predicted molar refractivity (Wildman–Crippen MR) is 90.5 cm³/mol. The zero-order valence-electron chi connectivity index (χ0n) is 13.6. The predicted octanol–water partition coefficient (Wildman–Crippen LogP) is 4.17. The van der Waals surface area contributed by atoms with Gasteiger partial charge in [-0.15, -0.1) is 0 Å². The molecule has 1 aliphatic rings. The molecule has 0 saturated carbocycles. The first-order valence-electron chi connectivity index (χ1n) is 8.01. The summed E-state index contributed by atoms with van der Waals surface area (Å²) in [5, 5.41) is 0.623. The van der Waals surface area contributed by atoms with Crippen molar-refractivity contribution in [1.82, 2.24) is 0 Å². The summed E-state index contributed by atoms with van der Waals surface area (Å²) in [4.78, 5) is 11.5. The lowest BCUT2D eigenvalue weighted by Gasteiger charge is -2.19. The van der Waals surface area contributed by atoms with Crippen LogP contribution in [0.3, 0.4) is 0 Å². The van der Waals surface area contributed by atoms with Gasteiger partial charge >= 0.3 is 5.97 Å². The van der Waals surface area contributed by atoms with Crippen molar-refractivity contribution >= 4 is 23.6 Å². The summed E-state index contributed by atoms with van der Waals surface area (Å²) in [6, 6.07) is 5.64. The van der Waals surface area contributed by atoms with E-state index < -0.39 is 0 Å². The summed E-state index contributed by atoms with van der Waals surface area (Å²) < 4.78 is 16.1. The molecule has 0 unspecified atom stereocenters. The van der Waals surface area contributed by atoms with Crippen molar-refractivity contribution in [3.05, 3.63) is 40.4 Å². The summed E-state index contributed by atoms with van der Waals surface area (Å²) in [7, 11) is 0. The number of epoxide rings is 1. The van der Waals surface area contributed by atoms with Crippen LogP contribution < -0.4 is 0 Å². The van der Waals surface area contributed by atoms with E-state index in [0.717, 1.165) is 30.6 Å². The topological polar surface area (TPSA) is 48.1 Å². The van der Waals surface area contributed by atoms with Gasteiger partial charge in [-0.1, -0.05) is 31.0 Å². The van der Waals surface area contributed by atoms with Crippen LogP contribution in [-0.2, 0) is 19.0 Å². The highest BCUT2D eigenvalue weighted by molar-refractivity contribution is 6.30. The zero-order valence-corrected chi connectivity index (χ0v) is 14.3. The highest BCUT2D eigenvalue weighted by Crippen LogP contribution is 2.30. The maximum atomic E-state index is 11.5. The van der Waals surface area contributed by atoms with Crippen LogP contribution in [0.25, 0.3) is 6.08 Å². The Hall–Kier alpha value is -1.36. The molecule has 1 aromatic rings. The number of hydrogen-bond donors (Lipinski definition) is 0. The lowest BCUT2D eigenvalue weighted by molar-refractivity contribution is -0.137. The average molecular weight is 339 g/mol. The van der Waals surface area contributed by atoms with Crippen LogP contribution >= 0.6 is 11.6 Å². The molecule has 23 heavy (non-hydrogen) atoms. The zero-order chi connectivity index (χ0) is 16.7. The second kappa shape index (κ2) is 9.06. The van der Waals surface area contributed by atoms with Crippen LogP contribution in [-0.4, -0.2) is 31.9 Å². The van der Waals surface area contributed by atoms with Crippen molar-refractivity contribution in [3.63, 3.8) is 0 Å². The Balaban J connectivity index is 2.17. The average Bonchev–Trinajstić information content (AvgIpc) is 3.34. The van der Waals surface area contributed by atoms with E-state index in [4.69, 9.17) is 25.8 Å². The molecule has 1 aliphatic heterocycles. The van der Waals surface area contributed by atoms with E-state index in [2.05, 4.69) is 6.92 Å². The van der Waals surface area contributed by atoms with E-state index in [1.807, 2.05) is 18.2 Å². The van der Waals surface area contributed by atoms with Gasteiger partial charge in [-0.05, 0) is 42.7 Å². The minimum absolute atomic E-state index is 0.0386. The van der Waals surface area contributed by atoms with Crippen LogP contribution in [0.15, 0.2) is 24.3 Å². The van der Waals surface area contributed by atoms with E-state index in [1.165, 1.54) is 6.08 Å². The Kier molecular flexibility index (Phi) is 7.09. The third-order valence-corrected chi connectivity index (χ3v) is 3.75. The summed E-state index contributed by atoms with van der Waals surface area (Å²) >= 11 is 6.10. The number of benzene rings is 1. The maximum Gasteiger partial charge on any atom is 0.330 e. The first-order valence-corrected chi connectivity index (χ1v) is 8.39. The molecule has 126 valence electrons. The molecule has 0 spiro atoms. The Labute approximate surface area is 142 Å². The van der Waals surface area contributed by atoms with Crippen LogP contribution in [0.5, 0.6) is 0 Å². The molecule has 0 aliphatic carbocycles. The fraction of sp³-hybridized carbons (Fsp3) is 0.500. The molecule has 2 rings (SSSR count). The van der Waals surface area contributed by atoms with Crippen LogP contribution in [0, 0.1) is 0 Å². The van der Waals surface area contributed by atoms with Crippen molar-refractivity contribution in [3.8, 4) is 0 Å². The van der Waals surface area contributed by atoms with Gasteiger partial charge in [0, 0.05) is 11.1 Å². The van der Waals surface area contributed by atoms with Gasteiger partial charge in [0.1, 0.15) is 6.10 Å². The summed E-state index contributed by atoms with van der Waals surface area (Å²) in [5.74, 6) is -0.363. The van der Waals surface area contributed by atoms with Gasteiger partial charge < -0.3 is 14.2 Å². The molecule has 0 bridgehead atoms. The highest BCUT2D eigenvalue weighted by Gasteiger charge is 2.25. The minimum Gasteiger partial charge on any atom is -0.463 e. The molecular formula is C18H23ClO4. The molecule has 1 heterocycles. The maximum absolute atomic E-state index is 11.5. The molecule has 2 atom stereocenters. The summed E-state index contributed by atoms with van der Waals surface area (Å²) in [5.41, 5.74) is 1.90. The summed E-state index contributed by atoms with van der Waals surface area (Å²) in [6.45, 7) is 5.62. The number of ether oxygens (including phenoxy) is 3. The molecule has 0 amide bonds. The molecule has 1 aromatic carbocycles. The normalized spacial score (nSPS) is 18.1. The Morgan fingerprint density at radius 3 is 2.91 bits per heavy atom. The lowest BCUT2D eigenvalue weighted by Crippen LogP contribution is -2.10. The quantitative estimate of drug-likeness (QED) is 0.385. The van der Waals surface area contributed by atoms with Crippen molar-refractivity contribution in [2.75, 3.05) is 19.8 Å². The van der Waals surface area contributed by atoms with E-state index in [-0.39, 0.29) is 18.2 Å². The third kappa shape index (κ3) is 5.98. The van der Waals surface area contributed by atoms with E-state index in [1.54, 1.807) is 13.0 Å². The lowest BCUT2D eigenvalue weighted by atomic mass is 9.98. The summed E-state index contributed by atoms with van der Waals surface area (Å²) in [6.07, 6.45) is 5.24. The Bertz CT molecular complexity index is 552. The van der Waals surface area contributed by atoms with Crippen LogP contribution in [0.1, 0.15) is 43.9 Å². The third-order valence-electron chi connectivity index (χ3n) is 3.52. The molecule has 0 aromatic heterocycles. The first-order chi connectivity index (χ1) is 11.1. The highest BCUT2D eigenvalue weighted by atomic mass is 35.5. The van der Waals surface area contributed by atoms with Gasteiger partial charge in [0.15, 0.2) is 0 Å². The number of hydrogen-bond acceptors (Lipinski definition) is 4. The smallest absolute Gasteiger partial charge is 0.330 e. The van der Waals surface area contributed by atoms with Gasteiger partial charge in [0.2, 0.25) is 0 Å². The van der Waals surface area contributed by atoms with Crippen molar-refractivity contribution < 1.29 is 19.0 Å². The SMILES string of the molecule is CCC[C@@H](OC[C@H]1CO1)c1ccc(Cl)cc1C=CC(=O)OCC. The van der Waals surface area contributed by atoms with Gasteiger partial charge in [-0.25, -0.2) is 4.79 Å². The van der Waals surface area contributed by atoms with Crippen molar-refractivity contribution in [2.45, 2.75) is 38.9 Å². The number of rotatable bonds is 9. The molecule has 1 saturated heterocycles. The number of carbonyl (C=O) groups is 1. The van der Waals surface area contributed by atoms with E-state index in [9.17, 15) is 4.79 Å². The Morgan fingerprint density at radius 1 is 1.48 bits per heavy atom. The van der Waals surface area contributed by atoms with Gasteiger partial charge in [-0.3, -0.25) is 0 Å². The monoisotopic (exact) mass is 338 g/mol. The van der Waals surface area contributed by atoms with E-state index in [0.29, 0.717) is 18.2 Å². The van der Waals surface area contributed by atoms with Crippen molar-refractivity contribution in [2.24, 2.45) is 0 Å². The molecule has 1 fully saturated rings. The van der Waals surface area contributed by atoms with Gasteiger partial charge in [-0.2, -0.15) is 0 Å².